The molecule has 0 saturated carbocycles. The van der Waals surface area contributed by atoms with Crippen molar-refractivity contribution in [3.05, 3.63) is 35.4 Å². The molecule has 1 aliphatic rings. The van der Waals surface area contributed by atoms with Crippen LogP contribution in [0, 0.1) is 5.92 Å². The Balaban J connectivity index is 2.06. The van der Waals surface area contributed by atoms with E-state index in [-0.39, 0.29) is 17.9 Å². The highest BCUT2D eigenvalue weighted by molar-refractivity contribution is 5.29. The highest BCUT2D eigenvalue weighted by Gasteiger charge is 2.24. The molecule has 0 bridgehead atoms. The Morgan fingerprint density at radius 3 is 2.22 bits per heavy atom. The molecule has 0 aliphatic carbocycles. The average Bonchev–Trinajstić information content (AvgIpc) is 2.27. The SMILES string of the molecule is CC(C)(C)c1ccc(C(CO)CC2COC2)cc1. The highest BCUT2D eigenvalue weighted by Crippen LogP contribution is 2.29. The molecule has 1 saturated heterocycles. The minimum atomic E-state index is 0.190. The lowest BCUT2D eigenvalue weighted by atomic mass is 9.84. The van der Waals surface area contributed by atoms with E-state index in [1.807, 2.05) is 0 Å². The zero-order valence-corrected chi connectivity index (χ0v) is 11.6. The van der Waals surface area contributed by atoms with E-state index in [4.69, 9.17) is 4.74 Å². The van der Waals surface area contributed by atoms with Crippen LogP contribution in [0.3, 0.4) is 0 Å². The lowest BCUT2D eigenvalue weighted by Crippen LogP contribution is -2.29. The Hall–Kier alpha value is -0.860. The molecule has 2 heteroatoms. The fourth-order valence-corrected chi connectivity index (χ4v) is 2.39. The minimum absolute atomic E-state index is 0.190. The van der Waals surface area contributed by atoms with Gasteiger partial charge in [0, 0.05) is 18.4 Å². The third kappa shape index (κ3) is 3.12. The number of ether oxygens (including phenoxy) is 1. The van der Waals surface area contributed by atoms with E-state index in [1.165, 1.54) is 11.1 Å². The number of hydrogen-bond acceptors (Lipinski definition) is 2. The van der Waals surface area contributed by atoms with Gasteiger partial charge in [-0.2, -0.15) is 0 Å². The molecule has 2 rings (SSSR count). The first-order chi connectivity index (χ1) is 8.50. The fourth-order valence-electron chi connectivity index (χ4n) is 2.39. The summed E-state index contributed by atoms with van der Waals surface area (Å²) in [4.78, 5) is 0. The lowest BCUT2D eigenvalue weighted by Gasteiger charge is -2.29. The van der Waals surface area contributed by atoms with Crippen molar-refractivity contribution >= 4 is 0 Å². The first-order valence-electron chi connectivity index (χ1n) is 6.79. The number of aliphatic hydroxyl groups excluding tert-OH is 1. The van der Waals surface area contributed by atoms with Crippen LogP contribution in [0.15, 0.2) is 24.3 Å². The van der Waals surface area contributed by atoms with Gasteiger partial charge in [-0.3, -0.25) is 0 Å². The van der Waals surface area contributed by atoms with Gasteiger partial charge < -0.3 is 9.84 Å². The van der Waals surface area contributed by atoms with E-state index in [0.717, 1.165) is 19.6 Å². The summed E-state index contributed by atoms with van der Waals surface area (Å²) in [6.45, 7) is 8.60. The van der Waals surface area contributed by atoms with Crippen LogP contribution in [0.25, 0.3) is 0 Å². The second-order valence-electron chi connectivity index (χ2n) is 6.39. The summed E-state index contributed by atoms with van der Waals surface area (Å²) >= 11 is 0. The molecule has 2 nitrogen and oxygen atoms in total. The zero-order valence-electron chi connectivity index (χ0n) is 11.6. The number of hydrogen-bond donors (Lipinski definition) is 1. The predicted molar refractivity (Wildman–Crippen MR) is 73.9 cm³/mol. The van der Waals surface area contributed by atoms with E-state index in [9.17, 15) is 5.11 Å². The van der Waals surface area contributed by atoms with Crippen molar-refractivity contribution in [1.29, 1.82) is 0 Å². The summed E-state index contributed by atoms with van der Waals surface area (Å²) in [5.41, 5.74) is 2.78. The van der Waals surface area contributed by atoms with Gasteiger partial charge in [0.05, 0.1) is 13.2 Å². The molecule has 0 aromatic heterocycles. The van der Waals surface area contributed by atoms with Crippen LogP contribution in [-0.4, -0.2) is 24.9 Å². The number of rotatable bonds is 4. The van der Waals surface area contributed by atoms with Gasteiger partial charge in [-0.1, -0.05) is 45.0 Å². The standard InChI is InChI=1S/C16H24O2/c1-16(2,3)15-6-4-13(5-7-15)14(9-17)8-12-10-18-11-12/h4-7,12,14,17H,8-11H2,1-3H3. The van der Waals surface area contributed by atoms with Crippen LogP contribution < -0.4 is 0 Å². The predicted octanol–water partition coefficient (Wildman–Crippen LogP) is 3.10. The van der Waals surface area contributed by atoms with Gasteiger partial charge in [0.1, 0.15) is 0 Å². The average molecular weight is 248 g/mol. The Bertz CT molecular complexity index is 371. The van der Waals surface area contributed by atoms with Crippen LogP contribution >= 0.6 is 0 Å². The van der Waals surface area contributed by atoms with Gasteiger partial charge in [-0.25, -0.2) is 0 Å². The van der Waals surface area contributed by atoms with Crippen molar-refractivity contribution < 1.29 is 9.84 Å². The Labute approximate surface area is 110 Å². The summed E-state index contributed by atoms with van der Waals surface area (Å²) in [5, 5.41) is 9.54. The van der Waals surface area contributed by atoms with Crippen molar-refractivity contribution in [3.63, 3.8) is 0 Å². The van der Waals surface area contributed by atoms with Crippen LogP contribution in [-0.2, 0) is 10.2 Å². The van der Waals surface area contributed by atoms with Crippen molar-refractivity contribution in [3.8, 4) is 0 Å². The van der Waals surface area contributed by atoms with Crippen molar-refractivity contribution in [2.45, 2.75) is 38.5 Å². The minimum Gasteiger partial charge on any atom is -0.396 e. The maximum Gasteiger partial charge on any atom is 0.0516 e. The highest BCUT2D eigenvalue weighted by atomic mass is 16.5. The molecule has 0 radical (unpaired) electrons. The molecule has 1 N–H and O–H groups in total. The van der Waals surface area contributed by atoms with Crippen LogP contribution in [0.2, 0.25) is 0 Å². The quantitative estimate of drug-likeness (QED) is 0.887. The second kappa shape index (κ2) is 5.41. The normalized spacial score (nSPS) is 18.4. The van der Waals surface area contributed by atoms with Gasteiger partial charge in [0.2, 0.25) is 0 Å². The first kappa shape index (κ1) is 13.6. The van der Waals surface area contributed by atoms with E-state index in [2.05, 4.69) is 45.0 Å². The molecule has 0 spiro atoms. The van der Waals surface area contributed by atoms with Gasteiger partial charge in [-0.05, 0) is 23.0 Å². The molecule has 1 atom stereocenters. The van der Waals surface area contributed by atoms with Crippen molar-refractivity contribution in [1.82, 2.24) is 0 Å². The Morgan fingerprint density at radius 1 is 1.22 bits per heavy atom. The molecular formula is C16H24O2. The van der Waals surface area contributed by atoms with E-state index in [1.54, 1.807) is 0 Å². The molecule has 1 aromatic rings. The first-order valence-corrected chi connectivity index (χ1v) is 6.79. The van der Waals surface area contributed by atoms with E-state index >= 15 is 0 Å². The summed E-state index contributed by atoms with van der Waals surface area (Å²) in [5.74, 6) is 0.886. The largest absolute Gasteiger partial charge is 0.396 e. The molecule has 1 unspecified atom stereocenters. The fraction of sp³-hybridized carbons (Fsp3) is 0.625. The van der Waals surface area contributed by atoms with Gasteiger partial charge >= 0.3 is 0 Å². The van der Waals surface area contributed by atoms with Crippen molar-refractivity contribution in [2.75, 3.05) is 19.8 Å². The third-order valence-electron chi connectivity index (χ3n) is 3.79. The molecule has 0 amide bonds. The molecule has 18 heavy (non-hydrogen) atoms. The maximum atomic E-state index is 9.54. The summed E-state index contributed by atoms with van der Waals surface area (Å²) in [6, 6.07) is 8.71. The molecule has 1 aliphatic heterocycles. The number of benzene rings is 1. The van der Waals surface area contributed by atoms with E-state index < -0.39 is 0 Å². The Morgan fingerprint density at radius 2 is 1.83 bits per heavy atom. The van der Waals surface area contributed by atoms with Crippen molar-refractivity contribution in [2.24, 2.45) is 5.92 Å². The van der Waals surface area contributed by atoms with Crippen LogP contribution in [0.4, 0.5) is 0 Å². The molecule has 100 valence electrons. The maximum absolute atomic E-state index is 9.54. The topological polar surface area (TPSA) is 29.5 Å². The molecule has 1 heterocycles. The van der Waals surface area contributed by atoms with Crippen LogP contribution in [0.1, 0.15) is 44.2 Å². The van der Waals surface area contributed by atoms with E-state index in [0.29, 0.717) is 5.92 Å². The second-order valence-corrected chi connectivity index (χ2v) is 6.39. The molecule has 1 aromatic carbocycles. The smallest absolute Gasteiger partial charge is 0.0516 e. The zero-order chi connectivity index (χ0) is 13.2. The molecular weight excluding hydrogens is 224 g/mol. The van der Waals surface area contributed by atoms with Gasteiger partial charge in [-0.15, -0.1) is 0 Å². The summed E-state index contributed by atoms with van der Waals surface area (Å²) in [6.07, 6.45) is 1.03. The Kier molecular flexibility index (Phi) is 4.08. The number of aliphatic hydroxyl groups is 1. The third-order valence-corrected chi connectivity index (χ3v) is 3.79. The summed E-state index contributed by atoms with van der Waals surface area (Å²) < 4.78 is 5.20. The van der Waals surface area contributed by atoms with Gasteiger partial charge in [0.25, 0.3) is 0 Å². The lowest BCUT2D eigenvalue weighted by molar-refractivity contribution is -0.0405. The van der Waals surface area contributed by atoms with Crippen LogP contribution in [0.5, 0.6) is 0 Å². The monoisotopic (exact) mass is 248 g/mol. The summed E-state index contributed by atoms with van der Waals surface area (Å²) in [7, 11) is 0. The van der Waals surface area contributed by atoms with Gasteiger partial charge in [0.15, 0.2) is 0 Å². The molecule has 1 fully saturated rings.